The molecule has 1 saturated heterocycles. The van der Waals surface area contributed by atoms with Gasteiger partial charge in [0.15, 0.2) is 0 Å². The first-order valence-electron chi connectivity index (χ1n) is 8.05. The summed E-state index contributed by atoms with van der Waals surface area (Å²) in [6.07, 6.45) is -4.34. The molecule has 0 aliphatic carbocycles. The third-order valence-corrected chi connectivity index (χ3v) is 4.14. The average molecular weight is 351 g/mol. The van der Waals surface area contributed by atoms with Gasteiger partial charge in [0.1, 0.15) is 5.82 Å². The smallest absolute Gasteiger partial charge is 0.354 e. The van der Waals surface area contributed by atoms with E-state index < -0.39 is 11.7 Å². The molecule has 0 atom stereocenters. The normalized spacial score (nSPS) is 16.1. The Labute approximate surface area is 144 Å². The Morgan fingerprint density at radius 3 is 2.24 bits per heavy atom. The molecule has 134 valence electrons. The number of alkyl halides is 3. The van der Waals surface area contributed by atoms with E-state index in [1.165, 1.54) is 12.1 Å². The van der Waals surface area contributed by atoms with Crippen molar-refractivity contribution in [2.75, 3.05) is 43.4 Å². The molecule has 1 aliphatic heterocycles. The van der Waals surface area contributed by atoms with Crippen LogP contribution in [-0.2, 0) is 6.18 Å². The van der Waals surface area contributed by atoms with Crippen molar-refractivity contribution in [2.24, 2.45) is 0 Å². The van der Waals surface area contributed by atoms with E-state index in [-0.39, 0.29) is 0 Å². The quantitative estimate of drug-likeness (QED) is 0.919. The number of nitrogens with one attached hydrogen (secondary N) is 1. The molecule has 1 aliphatic rings. The zero-order valence-electron chi connectivity index (χ0n) is 14.1. The fourth-order valence-electron chi connectivity index (χ4n) is 2.68. The van der Waals surface area contributed by atoms with E-state index in [9.17, 15) is 13.2 Å². The molecule has 3 rings (SSSR count). The zero-order chi connectivity index (χ0) is 18.0. The van der Waals surface area contributed by atoms with E-state index in [2.05, 4.69) is 32.1 Å². The van der Waals surface area contributed by atoms with Gasteiger partial charge in [-0.05, 0) is 38.2 Å². The first kappa shape index (κ1) is 17.5. The molecule has 0 unspecified atom stereocenters. The summed E-state index contributed by atoms with van der Waals surface area (Å²) in [6, 6.07) is 6.76. The molecule has 0 spiro atoms. The van der Waals surface area contributed by atoms with Crippen molar-refractivity contribution in [1.82, 2.24) is 14.9 Å². The van der Waals surface area contributed by atoms with Gasteiger partial charge in [-0.2, -0.15) is 18.2 Å². The summed E-state index contributed by atoms with van der Waals surface area (Å²) in [6.45, 7) is 5.56. The predicted octanol–water partition coefficient (Wildman–Crippen LogP) is 3.30. The van der Waals surface area contributed by atoms with Gasteiger partial charge in [0.05, 0.1) is 5.56 Å². The van der Waals surface area contributed by atoms with Crippen molar-refractivity contribution >= 4 is 17.5 Å². The molecule has 2 aromatic rings. The largest absolute Gasteiger partial charge is 0.416 e. The molecule has 1 fully saturated rings. The second kappa shape index (κ2) is 6.87. The van der Waals surface area contributed by atoms with E-state index in [0.717, 1.165) is 49.8 Å². The number of hydrogen-bond donors (Lipinski definition) is 1. The molecule has 25 heavy (non-hydrogen) atoms. The van der Waals surface area contributed by atoms with Crippen molar-refractivity contribution in [3.8, 4) is 0 Å². The van der Waals surface area contributed by atoms with Crippen molar-refractivity contribution in [2.45, 2.75) is 13.1 Å². The minimum atomic E-state index is -4.34. The van der Waals surface area contributed by atoms with Crippen LogP contribution >= 0.6 is 0 Å². The van der Waals surface area contributed by atoms with Crippen LogP contribution in [-0.4, -0.2) is 48.1 Å². The maximum absolute atomic E-state index is 12.6. The highest BCUT2D eigenvalue weighted by atomic mass is 19.4. The van der Waals surface area contributed by atoms with E-state index in [0.29, 0.717) is 11.6 Å². The average Bonchev–Trinajstić information content (AvgIpc) is 2.54. The van der Waals surface area contributed by atoms with Crippen molar-refractivity contribution in [3.05, 3.63) is 41.6 Å². The van der Waals surface area contributed by atoms with Gasteiger partial charge >= 0.3 is 6.18 Å². The Bertz CT molecular complexity index is 722. The third kappa shape index (κ3) is 4.39. The van der Waals surface area contributed by atoms with Crippen LogP contribution < -0.4 is 10.2 Å². The lowest BCUT2D eigenvalue weighted by Crippen LogP contribution is -2.44. The number of piperazine rings is 1. The fourth-order valence-corrected chi connectivity index (χ4v) is 2.68. The van der Waals surface area contributed by atoms with Crippen LogP contribution in [0.1, 0.15) is 11.3 Å². The Balaban J connectivity index is 1.76. The molecule has 0 radical (unpaired) electrons. The number of aryl methyl sites for hydroxylation is 1. The minimum Gasteiger partial charge on any atom is -0.354 e. The molecule has 5 nitrogen and oxygen atoms in total. The van der Waals surface area contributed by atoms with E-state index >= 15 is 0 Å². The lowest BCUT2D eigenvalue weighted by Gasteiger charge is -2.33. The van der Waals surface area contributed by atoms with Gasteiger partial charge in [0.2, 0.25) is 5.95 Å². The molecule has 1 aromatic heterocycles. The SMILES string of the molecule is Cc1cc(N2CCN(C)CC2)nc(Nc2ccc(C(F)(F)F)cc2)n1. The highest BCUT2D eigenvalue weighted by Crippen LogP contribution is 2.30. The molecule has 0 saturated carbocycles. The molecule has 1 N–H and O–H groups in total. The van der Waals surface area contributed by atoms with Crippen molar-refractivity contribution in [1.29, 1.82) is 0 Å². The highest BCUT2D eigenvalue weighted by Gasteiger charge is 2.30. The Hall–Kier alpha value is -2.35. The topological polar surface area (TPSA) is 44.3 Å². The molecule has 0 amide bonds. The summed E-state index contributed by atoms with van der Waals surface area (Å²) in [5.41, 5.74) is 0.641. The van der Waals surface area contributed by atoms with Gasteiger partial charge in [-0.25, -0.2) is 4.98 Å². The molecular formula is C17H20F3N5. The maximum atomic E-state index is 12.6. The Morgan fingerprint density at radius 2 is 1.64 bits per heavy atom. The summed E-state index contributed by atoms with van der Waals surface area (Å²) >= 11 is 0. The molecular weight excluding hydrogens is 331 g/mol. The molecule has 1 aromatic carbocycles. The first-order chi connectivity index (χ1) is 11.8. The number of hydrogen-bond acceptors (Lipinski definition) is 5. The monoisotopic (exact) mass is 351 g/mol. The van der Waals surface area contributed by atoms with Crippen molar-refractivity contribution < 1.29 is 13.2 Å². The summed E-state index contributed by atoms with van der Waals surface area (Å²) in [5.74, 6) is 1.21. The predicted molar refractivity (Wildman–Crippen MR) is 91.2 cm³/mol. The third-order valence-electron chi connectivity index (χ3n) is 4.14. The van der Waals surface area contributed by atoms with Gasteiger partial charge in [-0.1, -0.05) is 0 Å². The number of nitrogens with zero attached hydrogens (tertiary/aromatic N) is 4. The summed E-state index contributed by atoms with van der Waals surface area (Å²) in [7, 11) is 2.08. The second-order valence-corrected chi connectivity index (χ2v) is 6.18. The van der Waals surface area contributed by atoms with Crippen LogP contribution in [0.4, 0.5) is 30.6 Å². The lowest BCUT2D eigenvalue weighted by molar-refractivity contribution is -0.137. The fraction of sp³-hybridized carbons (Fsp3) is 0.412. The van der Waals surface area contributed by atoms with Gasteiger partial charge in [0.25, 0.3) is 0 Å². The lowest BCUT2D eigenvalue weighted by atomic mass is 10.2. The standard InChI is InChI=1S/C17H20F3N5/c1-12-11-15(25-9-7-24(2)8-10-25)23-16(21-12)22-14-5-3-13(4-6-14)17(18,19)20/h3-6,11H,7-10H2,1-2H3,(H,21,22,23). The van der Waals surface area contributed by atoms with E-state index in [4.69, 9.17) is 0 Å². The Morgan fingerprint density at radius 1 is 1.00 bits per heavy atom. The highest BCUT2D eigenvalue weighted by molar-refractivity contribution is 5.56. The van der Waals surface area contributed by atoms with Crippen LogP contribution in [0, 0.1) is 6.92 Å². The summed E-state index contributed by atoms with van der Waals surface area (Å²) in [5, 5.41) is 2.99. The summed E-state index contributed by atoms with van der Waals surface area (Å²) in [4.78, 5) is 13.3. The van der Waals surface area contributed by atoms with Crippen LogP contribution in [0.25, 0.3) is 0 Å². The minimum absolute atomic E-state index is 0.383. The van der Waals surface area contributed by atoms with Crippen LogP contribution in [0.3, 0.4) is 0 Å². The van der Waals surface area contributed by atoms with E-state index in [1.807, 2.05) is 13.0 Å². The molecule has 2 heterocycles. The Kier molecular flexibility index (Phi) is 4.80. The van der Waals surface area contributed by atoms with Crippen molar-refractivity contribution in [3.63, 3.8) is 0 Å². The molecule has 0 bridgehead atoms. The number of aromatic nitrogens is 2. The van der Waals surface area contributed by atoms with Gasteiger partial charge in [-0.3, -0.25) is 0 Å². The van der Waals surface area contributed by atoms with Gasteiger partial charge in [0, 0.05) is 43.6 Å². The van der Waals surface area contributed by atoms with Gasteiger partial charge in [-0.15, -0.1) is 0 Å². The number of anilines is 3. The van der Waals surface area contributed by atoms with Crippen LogP contribution in [0.2, 0.25) is 0 Å². The van der Waals surface area contributed by atoms with E-state index in [1.54, 1.807) is 0 Å². The number of benzene rings is 1. The number of likely N-dealkylation sites (N-methyl/N-ethyl adjacent to an activating group) is 1. The number of halogens is 3. The first-order valence-corrected chi connectivity index (χ1v) is 8.05. The summed E-state index contributed by atoms with van der Waals surface area (Å²) < 4.78 is 37.9. The maximum Gasteiger partial charge on any atom is 0.416 e. The van der Waals surface area contributed by atoms with Crippen LogP contribution in [0.5, 0.6) is 0 Å². The van der Waals surface area contributed by atoms with Crippen LogP contribution in [0.15, 0.2) is 30.3 Å². The molecule has 8 heteroatoms. The zero-order valence-corrected chi connectivity index (χ0v) is 14.1. The second-order valence-electron chi connectivity index (χ2n) is 6.18. The van der Waals surface area contributed by atoms with Gasteiger partial charge < -0.3 is 15.1 Å². The number of rotatable bonds is 3.